The van der Waals surface area contributed by atoms with E-state index in [1.807, 2.05) is 27.7 Å². The lowest BCUT2D eigenvalue weighted by molar-refractivity contribution is 0.0807. The van der Waals surface area contributed by atoms with Crippen LogP contribution in [-0.4, -0.2) is 36.2 Å². The van der Waals surface area contributed by atoms with Crippen LogP contribution >= 0.6 is 0 Å². The fourth-order valence-electron chi connectivity index (χ4n) is 1.23. The molecule has 4 heteroatoms. The summed E-state index contributed by atoms with van der Waals surface area (Å²) in [4.78, 5) is 13.2. The molecular weight excluding hydrogens is 192 g/mol. The maximum atomic E-state index is 11.5. The summed E-state index contributed by atoms with van der Waals surface area (Å²) in [5.41, 5.74) is 5.66. The van der Waals surface area contributed by atoms with Gasteiger partial charge in [0, 0.05) is 18.6 Å². The predicted octanol–water partition coefficient (Wildman–Crippen LogP) is 1.98. The SMILES string of the molecule is CCN(CC)C(=O)OCC(N)(CC)CC. The first-order valence-electron chi connectivity index (χ1n) is 5.73. The molecule has 2 N–H and O–H groups in total. The molecule has 0 unspecified atom stereocenters. The van der Waals surface area contributed by atoms with Gasteiger partial charge in [0.1, 0.15) is 6.61 Å². The lowest BCUT2D eigenvalue weighted by Gasteiger charge is -2.27. The highest BCUT2D eigenvalue weighted by Gasteiger charge is 2.23. The standard InChI is InChI=1S/C11H24N2O2/c1-5-11(12,6-2)9-15-10(14)13(7-3)8-4/h5-9,12H2,1-4H3. The Morgan fingerprint density at radius 3 is 2.00 bits per heavy atom. The average molecular weight is 216 g/mol. The second-order valence-electron chi connectivity index (χ2n) is 3.80. The van der Waals surface area contributed by atoms with Crippen molar-refractivity contribution in [2.45, 2.75) is 46.1 Å². The molecule has 15 heavy (non-hydrogen) atoms. The first-order chi connectivity index (χ1) is 7.02. The Hall–Kier alpha value is -0.770. The number of hydrogen-bond donors (Lipinski definition) is 1. The van der Waals surface area contributed by atoms with E-state index in [4.69, 9.17) is 10.5 Å². The number of amides is 1. The lowest BCUT2D eigenvalue weighted by atomic mass is 9.96. The molecule has 0 fully saturated rings. The number of nitrogens with zero attached hydrogens (tertiary/aromatic N) is 1. The minimum absolute atomic E-state index is 0.267. The van der Waals surface area contributed by atoms with Gasteiger partial charge in [-0.25, -0.2) is 4.79 Å². The number of rotatable bonds is 6. The Labute approximate surface area is 92.8 Å². The third kappa shape index (κ3) is 4.51. The van der Waals surface area contributed by atoms with Crippen LogP contribution in [0.1, 0.15) is 40.5 Å². The van der Waals surface area contributed by atoms with Crippen LogP contribution in [0.4, 0.5) is 4.79 Å². The summed E-state index contributed by atoms with van der Waals surface area (Å²) < 4.78 is 5.19. The van der Waals surface area contributed by atoms with Crippen LogP contribution in [0.25, 0.3) is 0 Å². The van der Waals surface area contributed by atoms with Crippen molar-refractivity contribution in [1.82, 2.24) is 4.90 Å². The minimum Gasteiger partial charge on any atom is -0.447 e. The van der Waals surface area contributed by atoms with Crippen LogP contribution in [-0.2, 0) is 4.74 Å². The summed E-state index contributed by atoms with van der Waals surface area (Å²) in [6.45, 7) is 9.52. The molecule has 0 saturated heterocycles. The van der Waals surface area contributed by atoms with Gasteiger partial charge in [0.05, 0.1) is 0 Å². The van der Waals surface area contributed by atoms with Crippen LogP contribution in [0, 0.1) is 0 Å². The molecule has 0 aliphatic rings. The molecule has 1 amide bonds. The molecule has 0 aromatic carbocycles. The molecule has 0 aromatic rings. The predicted molar refractivity (Wildman–Crippen MR) is 61.8 cm³/mol. The van der Waals surface area contributed by atoms with Crippen LogP contribution < -0.4 is 5.73 Å². The molecule has 0 bridgehead atoms. The first kappa shape index (κ1) is 14.2. The molecule has 0 heterocycles. The third-order valence-electron chi connectivity index (χ3n) is 2.91. The number of hydrogen-bond acceptors (Lipinski definition) is 3. The van der Waals surface area contributed by atoms with Crippen molar-refractivity contribution in [2.75, 3.05) is 19.7 Å². The quantitative estimate of drug-likeness (QED) is 0.738. The second kappa shape index (κ2) is 6.67. The van der Waals surface area contributed by atoms with E-state index in [1.165, 1.54) is 0 Å². The summed E-state index contributed by atoms with van der Waals surface area (Å²) in [6.07, 6.45) is 1.36. The van der Waals surface area contributed by atoms with E-state index in [-0.39, 0.29) is 11.6 Å². The maximum absolute atomic E-state index is 11.5. The largest absolute Gasteiger partial charge is 0.447 e. The topological polar surface area (TPSA) is 55.6 Å². The molecule has 0 aliphatic carbocycles. The zero-order valence-electron chi connectivity index (χ0n) is 10.4. The van der Waals surface area contributed by atoms with Crippen LogP contribution in [0.15, 0.2) is 0 Å². The molecule has 90 valence electrons. The van der Waals surface area contributed by atoms with Crippen molar-refractivity contribution < 1.29 is 9.53 Å². The zero-order chi connectivity index (χ0) is 11.9. The first-order valence-corrected chi connectivity index (χ1v) is 5.73. The molecule has 0 aliphatic heterocycles. The van der Waals surface area contributed by atoms with E-state index in [1.54, 1.807) is 4.90 Å². The van der Waals surface area contributed by atoms with Gasteiger partial charge >= 0.3 is 6.09 Å². The van der Waals surface area contributed by atoms with Gasteiger partial charge < -0.3 is 15.4 Å². The smallest absolute Gasteiger partial charge is 0.409 e. The van der Waals surface area contributed by atoms with E-state index in [9.17, 15) is 4.79 Å². The zero-order valence-corrected chi connectivity index (χ0v) is 10.4. The van der Waals surface area contributed by atoms with Crippen molar-refractivity contribution in [2.24, 2.45) is 5.73 Å². The van der Waals surface area contributed by atoms with Gasteiger partial charge in [-0.15, -0.1) is 0 Å². The van der Waals surface area contributed by atoms with E-state index < -0.39 is 0 Å². The summed E-state index contributed by atoms with van der Waals surface area (Å²) in [7, 11) is 0. The van der Waals surface area contributed by atoms with Gasteiger partial charge in [-0.05, 0) is 26.7 Å². The highest BCUT2D eigenvalue weighted by Crippen LogP contribution is 2.12. The normalized spacial score (nSPS) is 11.3. The molecule has 0 radical (unpaired) electrons. The van der Waals surface area contributed by atoms with E-state index >= 15 is 0 Å². The van der Waals surface area contributed by atoms with E-state index in [0.29, 0.717) is 19.7 Å². The summed E-state index contributed by atoms with van der Waals surface area (Å²) in [5, 5.41) is 0. The van der Waals surface area contributed by atoms with Crippen LogP contribution in [0.2, 0.25) is 0 Å². The Bertz CT molecular complexity index is 187. The average Bonchev–Trinajstić information content (AvgIpc) is 2.27. The molecule has 0 saturated carbocycles. The van der Waals surface area contributed by atoms with Gasteiger partial charge in [-0.3, -0.25) is 0 Å². The molecule has 0 rings (SSSR count). The minimum atomic E-state index is -0.372. The van der Waals surface area contributed by atoms with Gasteiger partial charge in [0.2, 0.25) is 0 Å². The van der Waals surface area contributed by atoms with Crippen molar-refractivity contribution in [3.63, 3.8) is 0 Å². The second-order valence-corrected chi connectivity index (χ2v) is 3.80. The highest BCUT2D eigenvalue weighted by atomic mass is 16.6. The number of ether oxygens (including phenoxy) is 1. The summed E-state index contributed by atoms with van der Waals surface area (Å²) >= 11 is 0. The van der Waals surface area contributed by atoms with E-state index in [2.05, 4.69) is 0 Å². The monoisotopic (exact) mass is 216 g/mol. The van der Waals surface area contributed by atoms with Crippen LogP contribution in [0.5, 0.6) is 0 Å². The molecule has 0 spiro atoms. The molecule has 0 atom stereocenters. The van der Waals surface area contributed by atoms with Crippen molar-refractivity contribution in [1.29, 1.82) is 0 Å². The Kier molecular flexibility index (Phi) is 6.32. The van der Waals surface area contributed by atoms with Gasteiger partial charge in [0.25, 0.3) is 0 Å². The Morgan fingerprint density at radius 2 is 1.67 bits per heavy atom. The molecule has 4 nitrogen and oxygen atoms in total. The molecular formula is C11H24N2O2. The van der Waals surface area contributed by atoms with E-state index in [0.717, 1.165) is 12.8 Å². The fraction of sp³-hybridized carbons (Fsp3) is 0.909. The van der Waals surface area contributed by atoms with Gasteiger partial charge in [-0.2, -0.15) is 0 Å². The van der Waals surface area contributed by atoms with Crippen LogP contribution in [0.3, 0.4) is 0 Å². The number of carbonyl (C=O) groups is 1. The van der Waals surface area contributed by atoms with Crippen molar-refractivity contribution >= 4 is 6.09 Å². The van der Waals surface area contributed by atoms with Gasteiger partial charge in [0.15, 0.2) is 0 Å². The number of carbonyl (C=O) groups excluding carboxylic acids is 1. The lowest BCUT2D eigenvalue weighted by Crippen LogP contribution is -2.45. The third-order valence-corrected chi connectivity index (χ3v) is 2.91. The fourth-order valence-corrected chi connectivity index (χ4v) is 1.23. The molecule has 0 aromatic heterocycles. The van der Waals surface area contributed by atoms with Gasteiger partial charge in [-0.1, -0.05) is 13.8 Å². The van der Waals surface area contributed by atoms with Crippen molar-refractivity contribution in [3.05, 3.63) is 0 Å². The highest BCUT2D eigenvalue weighted by molar-refractivity contribution is 5.67. The Balaban J connectivity index is 4.08. The summed E-state index contributed by atoms with van der Waals surface area (Å²) in [6, 6.07) is 0. The summed E-state index contributed by atoms with van der Waals surface area (Å²) in [5.74, 6) is 0. The van der Waals surface area contributed by atoms with Crippen molar-refractivity contribution in [3.8, 4) is 0 Å². The number of nitrogens with two attached hydrogens (primary N) is 1. The Morgan fingerprint density at radius 1 is 1.20 bits per heavy atom. The maximum Gasteiger partial charge on any atom is 0.409 e.